The molecule has 0 radical (unpaired) electrons. The summed E-state index contributed by atoms with van der Waals surface area (Å²) in [5, 5.41) is 2.88. The lowest BCUT2D eigenvalue weighted by atomic mass is 10.1. The Morgan fingerprint density at radius 1 is 0.929 bits per heavy atom. The number of nitrogens with one attached hydrogen (secondary N) is 1. The number of hydrogen-bond acceptors (Lipinski definition) is 3. The Morgan fingerprint density at radius 2 is 1.54 bits per heavy atom. The summed E-state index contributed by atoms with van der Waals surface area (Å²) in [5.41, 5.74) is 2.73. The number of carbonyl (C=O) groups excluding carboxylic acids is 1. The third kappa shape index (κ3) is 4.23. The minimum Gasteiger partial charge on any atom is -0.348 e. The third-order valence-corrected chi connectivity index (χ3v) is 6.28. The van der Waals surface area contributed by atoms with E-state index in [1.807, 2.05) is 30.3 Å². The van der Waals surface area contributed by atoms with Gasteiger partial charge in [0.15, 0.2) is 0 Å². The van der Waals surface area contributed by atoms with Crippen LogP contribution >= 0.6 is 0 Å². The van der Waals surface area contributed by atoms with Crippen molar-refractivity contribution in [2.45, 2.75) is 18.4 Å². The molecule has 0 heterocycles. The normalized spacial score (nSPS) is 11.1. The van der Waals surface area contributed by atoms with Gasteiger partial charge in [-0.1, -0.05) is 48.5 Å². The molecule has 1 N–H and O–H groups in total. The molecule has 0 aromatic heterocycles. The highest BCUT2D eigenvalue weighted by atomic mass is 32.2. The average molecular weight is 394 g/mol. The molecule has 3 aromatic carbocycles. The third-order valence-electron chi connectivity index (χ3n) is 4.50. The van der Waals surface area contributed by atoms with E-state index in [1.54, 1.807) is 55.5 Å². The molecule has 28 heavy (non-hydrogen) atoms. The number of sulfonamides is 1. The van der Waals surface area contributed by atoms with Crippen LogP contribution in [-0.4, -0.2) is 21.4 Å². The second kappa shape index (κ2) is 8.27. The molecule has 3 aromatic rings. The van der Waals surface area contributed by atoms with Crippen molar-refractivity contribution in [1.29, 1.82) is 0 Å². The second-order valence-electron chi connectivity index (χ2n) is 6.46. The molecule has 0 aliphatic carbocycles. The smallest absolute Gasteiger partial charge is 0.264 e. The van der Waals surface area contributed by atoms with E-state index in [0.29, 0.717) is 23.4 Å². The van der Waals surface area contributed by atoms with Crippen molar-refractivity contribution in [3.63, 3.8) is 0 Å². The fourth-order valence-corrected chi connectivity index (χ4v) is 4.19. The van der Waals surface area contributed by atoms with E-state index in [9.17, 15) is 13.2 Å². The van der Waals surface area contributed by atoms with E-state index < -0.39 is 10.0 Å². The van der Waals surface area contributed by atoms with E-state index in [4.69, 9.17) is 0 Å². The zero-order chi connectivity index (χ0) is 20.1. The zero-order valence-corrected chi connectivity index (χ0v) is 16.6. The molecule has 3 rings (SSSR count). The van der Waals surface area contributed by atoms with Crippen LogP contribution in [-0.2, 0) is 16.6 Å². The first-order valence-corrected chi connectivity index (χ1v) is 10.3. The van der Waals surface area contributed by atoms with Gasteiger partial charge in [-0.3, -0.25) is 9.10 Å². The Hall–Kier alpha value is -3.12. The number of hydrogen-bond donors (Lipinski definition) is 1. The van der Waals surface area contributed by atoms with Crippen molar-refractivity contribution in [2.75, 3.05) is 11.4 Å². The Kier molecular flexibility index (Phi) is 5.80. The van der Waals surface area contributed by atoms with Crippen molar-refractivity contribution in [1.82, 2.24) is 5.32 Å². The number of nitrogens with zero attached hydrogens (tertiary/aromatic N) is 1. The molecule has 0 atom stereocenters. The van der Waals surface area contributed by atoms with Gasteiger partial charge in [-0.2, -0.15) is 0 Å². The van der Waals surface area contributed by atoms with Crippen molar-refractivity contribution >= 4 is 21.6 Å². The molecular formula is C22H22N2O3S. The van der Waals surface area contributed by atoms with E-state index >= 15 is 0 Å². The molecule has 0 aliphatic heterocycles. The summed E-state index contributed by atoms with van der Waals surface area (Å²) < 4.78 is 26.9. The van der Waals surface area contributed by atoms with Gasteiger partial charge in [0.1, 0.15) is 0 Å². The highest BCUT2D eigenvalue weighted by molar-refractivity contribution is 7.92. The van der Waals surface area contributed by atoms with Gasteiger partial charge < -0.3 is 5.32 Å². The van der Waals surface area contributed by atoms with Crippen LogP contribution in [0.5, 0.6) is 0 Å². The van der Waals surface area contributed by atoms with Gasteiger partial charge >= 0.3 is 0 Å². The molecule has 0 aliphatic rings. The summed E-state index contributed by atoms with van der Waals surface area (Å²) >= 11 is 0. The number of aryl methyl sites for hydroxylation is 1. The number of amides is 1. The monoisotopic (exact) mass is 394 g/mol. The maximum Gasteiger partial charge on any atom is 0.264 e. The lowest BCUT2D eigenvalue weighted by Crippen LogP contribution is -2.27. The first-order chi connectivity index (χ1) is 13.4. The molecule has 0 saturated heterocycles. The van der Waals surface area contributed by atoms with Crippen LogP contribution in [0.25, 0.3) is 0 Å². The Bertz CT molecular complexity index is 1070. The summed E-state index contributed by atoms with van der Waals surface area (Å²) in [4.78, 5) is 12.7. The van der Waals surface area contributed by atoms with Gasteiger partial charge in [-0.15, -0.1) is 0 Å². The van der Waals surface area contributed by atoms with Crippen molar-refractivity contribution < 1.29 is 13.2 Å². The highest BCUT2D eigenvalue weighted by Crippen LogP contribution is 2.26. The molecule has 0 fully saturated rings. The Morgan fingerprint density at radius 3 is 2.14 bits per heavy atom. The summed E-state index contributed by atoms with van der Waals surface area (Å²) in [6, 6.07) is 22.9. The van der Waals surface area contributed by atoms with Crippen LogP contribution in [0.15, 0.2) is 83.8 Å². The Balaban J connectivity index is 1.77. The lowest BCUT2D eigenvalue weighted by molar-refractivity contribution is 0.0951. The lowest BCUT2D eigenvalue weighted by Gasteiger charge is -2.22. The SMILES string of the molecule is Cc1cc(C(=O)NCc2ccccc2)ccc1N(C)S(=O)(=O)c1ccccc1. The van der Waals surface area contributed by atoms with Crippen LogP contribution in [0.2, 0.25) is 0 Å². The molecule has 0 spiro atoms. The summed E-state index contributed by atoms with van der Waals surface area (Å²) in [5.74, 6) is -0.202. The fraction of sp³-hybridized carbons (Fsp3) is 0.136. The highest BCUT2D eigenvalue weighted by Gasteiger charge is 2.22. The van der Waals surface area contributed by atoms with Crippen molar-refractivity contribution in [3.05, 3.63) is 95.6 Å². The first kappa shape index (κ1) is 19.6. The molecule has 144 valence electrons. The van der Waals surface area contributed by atoms with Gasteiger partial charge in [0.2, 0.25) is 0 Å². The maximum absolute atomic E-state index is 12.8. The van der Waals surface area contributed by atoms with Gasteiger partial charge in [0.05, 0.1) is 10.6 Å². The molecular weight excluding hydrogens is 372 g/mol. The predicted octanol–water partition coefficient (Wildman–Crippen LogP) is 3.75. The second-order valence-corrected chi connectivity index (χ2v) is 8.42. The van der Waals surface area contributed by atoms with Crippen LogP contribution in [0.1, 0.15) is 21.5 Å². The number of rotatable bonds is 6. The number of carbonyl (C=O) groups is 1. The quantitative estimate of drug-likeness (QED) is 0.692. The average Bonchev–Trinajstić information content (AvgIpc) is 2.72. The number of benzene rings is 3. The van der Waals surface area contributed by atoms with Crippen LogP contribution in [0, 0.1) is 6.92 Å². The van der Waals surface area contributed by atoms with E-state index in [2.05, 4.69) is 5.32 Å². The summed E-state index contributed by atoms with van der Waals surface area (Å²) in [7, 11) is -2.15. The molecule has 5 nitrogen and oxygen atoms in total. The minimum atomic E-state index is -3.66. The van der Waals surface area contributed by atoms with E-state index in [0.717, 1.165) is 5.56 Å². The summed E-state index contributed by atoms with van der Waals surface area (Å²) in [6.07, 6.45) is 0. The topological polar surface area (TPSA) is 66.5 Å². The van der Waals surface area contributed by atoms with Gasteiger partial charge in [-0.05, 0) is 48.4 Å². The van der Waals surface area contributed by atoms with Crippen molar-refractivity contribution in [2.24, 2.45) is 0 Å². The van der Waals surface area contributed by atoms with E-state index in [1.165, 1.54) is 11.4 Å². The van der Waals surface area contributed by atoms with Crippen molar-refractivity contribution in [3.8, 4) is 0 Å². The molecule has 0 unspecified atom stereocenters. The predicted molar refractivity (Wildman–Crippen MR) is 111 cm³/mol. The van der Waals surface area contributed by atoms with E-state index in [-0.39, 0.29) is 10.8 Å². The minimum absolute atomic E-state index is 0.202. The van der Waals surface area contributed by atoms with Gasteiger partial charge in [0, 0.05) is 19.2 Å². The fourth-order valence-electron chi connectivity index (χ4n) is 2.91. The van der Waals surface area contributed by atoms with Crippen LogP contribution in [0.3, 0.4) is 0 Å². The van der Waals surface area contributed by atoms with Gasteiger partial charge in [0.25, 0.3) is 15.9 Å². The number of anilines is 1. The molecule has 1 amide bonds. The first-order valence-electron chi connectivity index (χ1n) is 8.86. The molecule has 0 bridgehead atoms. The maximum atomic E-state index is 12.8. The molecule has 6 heteroatoms. The van der Waals surface area contributed by atoms with Crippen LogP contribution < -0.4 is 9.62 Å². The Labute approximate surface area is 165 Å². The zero-order valence-electron chi connectivity index (χ0n) is 15.8. The summed E-state index contributed by atoms with van der Waals surface area (Å²) in [6.45, 7) is 2.23. The standard InChI is InChI=1S/C22H22N2O3S/c1-17-15-19(22(25)23-16-18-9-5-3-6-10-18)13-14-21(17)24(2)28(26,27)20-11-7-4-8-12-20/h3-15H,16H2,1-2H3,(H,23,25). The van der Waals surface area contributed by atoms with Crippen LogP contribution in [0.4, 0.5) is 5.69 Å². The van der Waals surface area contributed by atoms with Gasteiger partial charge in [-0.25, -0.2) is 8.42 Å². The molecule has 0 saturated carbocycles. The largest absolute Gasteiger partial charge is 0.348 e.